The number of rotatable bonds is 7. The van der Waals surface area contributed by atoms with E-state index in [1.165, 1.54) is 4.90 Å². The maximum absolute atomic E-state index is 13.3. The molecule has 0 saturated heterocycles. The molecule has 3 rings (SSSR count). The van der Waals surface area contributed by atoms with E-state index in [4.69, 9.17) is 9.72 Å². The van der Waals surface area contributed by atoms with Crippen LogP contribution in [-0.2, 0) is 4.79 Å². The largest absolute Gasteiger partial charge is 0.497 e. The monoisotopic (exact) mass is 405 g/mol. The quantitative estimate of drug-likeness (QED) is 0.599. The Kier molecular flexibility index (Phi) is 6.67. The van der Waals surface area contributed by atoms with Crippen molar-refractivity contribution < 1.29 is 14.3 Å². The highest BCUT2D eigenvalue weighted by atomic mass is 16.5. The van der Waals surface area contributed by atoms with Gasteiger partial charge in [-0.05, 0) is 50.2 Å². The fourth-order valence-electron chi connectivity index (χ4n) is 3.42. The maximum atomic E-state index is 13.3. The first-order valence-corrected chi connectivity index (χ1v) is 10.1. The number of ether oxygens (including phenoxy) is 1. The smallest absolute Gasteiger partial charge is 0.254 e. The fourth-order valence-corrected chi connectivity index (χ4v) is 3.42. The van der Waals surface area contributed by atoms with Gasteiger partial charge >= 0.3 is 0 Å². The summed E-state index contributed by atoms with van der Waals surface area (Å²) in [4.78, 5) is 33.7. The lowest BCUT2D eigenvalue weighted by molar-refractivity contribution is -0.131. The first kappa shape index (κ1) is 21.3. The lowest BCUT2D eigenvalue weighted by Gasteiger charge is -2.23. The third-order valence-corrected chi connectivity index (χ3v) is 5.17. The Balaban J connectivity index is 1.99. The van der Waals surface area contributed by atoms with Gasteiger partial charge in [-0.2, -0.15) is 0 Å². The van der Waals surface area contributed by atoms with Crippen LogP contribution in [0.15, 0.2) is 54.6 Å². The highest BCUT2D eigenvalue weighted by molar-refractivity contribution is 6.07. The Morgan fingerprint density at radius 2 is 1.67 bits per heavy atom. The van der Waals surface area contributed by atoms with Gasteiger partial charge in [-0.3, -0.25) is 9.59 Å². The second-order valence-corrected chi connectivity index (χ2v) is 7.03. The minimum atomic E-state index is -0.205. The van der Waals surface area contributed by atoms with Crippen molar-refractivity contribution in [1.82, 2.24) is 14.8 Å². The molecule has 0 aliphatic heterocycles. The average Bonchev–Trinajstić information content (AvgIpc) is 2.78. The molecule has 3 aromatic rings. The topological polar surface area (TPSA) is 62.7 Å². The summed E-state index contributed by atoms with van der Waals surface area (Å²) in [5.74, 6) is 0.485. The van der Waals surface area contributed by atoms with Crippen LogP contribution in [0.1, 0.15) is 24.2 Å². The Labute approximate surface area is 177 Å². The number of aromatic nitrogens is 1. The lowest BCUT2D eigenvalue weighted by atomic mass is 10.0. The summed E-state index contributed by atoms with van der Waals surface area (Å²) in [6, 6.07) is 16.9. The van der Waals surface area contributed by atoms with Crippen molar-refractivity contribution >= 4 is 22.7 Å². The molecular weight excluding hydrogens is 378 g/mol. The molecule has 0 fully saturated rings. The summed E-state index contributed by atoms with van der Waals surface area (Å²) < 4.78 is 5.23. The van der Waals surface area contributed by atoms with E-state index in [2.05, 4.69) is 0 Å². The van der Waals surface area contributed by atoms with Gasteiger partial charge < -0.3 is 14.5 Å². The number of pyridine rings is 1. The number of likely N-dealkylation sites (N-methyl/N-ethyl adjacent to an activating group) is 2. The summed E-state index contributed by atoms with van der Waals surface area (Å²) in [5.41, 5.74) is 2.85. The number of hydrogen-bond acceptors (Lipinski definition) is 4. The van der Waals surface area contributed by atoms with Crippen molar-refractivity contribution in [3.63, 3.8) is 0 Å². The predicted octanol–water partition coefficient (Wildman–Crippen LogP) is 3.85. The summed E-state index contributed by atoms with van der Waals surface area (Å²) in [7, 11) is 3.28. The van der Waals surface area contributed by atoms with Crippen LogP contribution < -0.4 is 4.74 Å². The third kappa shape index (κ3) is 4.43. The van der Waals surface area contributed by atoms with E-state index in [0.717, 1.165) is 22.2 Å². The molecule has 156 valence electrons. The predicted molar refractivity (Wildman–Crippen MR) is 119 cm³/mol. The van der Waals surface area contributed by atoms with Crippen LogP contribution in [0.5, 0.6) is 5.75 Å². The Hall–Kier alpha value is -3.41. The molecule has 0 radical (unpaired) electrons. The van der Waals surface area contributed by atoms with Crippen LogP contribution in [0.4, 0.5) is 0 Å². The highest BCUT2D eigenvalue weighted by Gasteiger charge is 2.21. The molecule has 1 aromatic heterocycles. The van der Waals surface area contributed by atoms with Crippen molar-refractivity contribution in [2.75, 3.05) is 33.8 Å². The number of methoxy groups -OCH3 is 1. The second kappa shape index (κ2) is 9.39. The first-order chi connectivity index (χ1) is 14.5. The van der Waals surface area contributed by atoms with Gasteiger partial charge in [0.15, 0.2) is 0 Å². The average molecular weight is 405 g/mol. The normalized spacial score (nSPS) is 10.7. The van der Waals surface area contributed by atoms with Gasteiger partial charge in [-0.15, -0.1) is 0 Å². The summed E-state index contributed by atoms with van der Waals surface area (Å²) >= 11 is 0. The van der Waals surface area contributed by atoms with E-state index < -0.39 is 0 Å². The molecule has 0 atom stereocenters. The second-order valence-electron chi connectivity index (χ2n) is 7.03. The van der Waals surface area contributed by atoms with Crippen LogP contribution in [0.3, 0.4) is 0 Å². The van der Waals surface area contributed by atoms with E-state index in [-0.39, 0.29) is 18.4 Å². The van der Waals surface area contributed by atoms with E-state index in [0.29, 0.717) is 24.3 Å². The number of para-hydroxylation sites is 1. The maximum Gasteiger partial charge on any atom is 0.254 e. The van der Waals surface area contributed by atoms with E-state index >= 15 is 0 Å². The van der Waals surface area contributed by atoms with Gasteiger partial charge in [0, 0.05) is 31.1 Å². The summed E-state index contributed by atoms with van der Waals surface area (Å²) in [6.07, 6.45) is 0. The fraction of sp³-hybridized carbons (Fsp3) is 0.292. The molecule has 6 nitrogen and oxygen atoms in total. The molecule has 0 aliphatic carbocycles. The van der Waals surface area contributed by atoms with Gasteiger partial charge in [0.1, 0.15) is 5.75 Å². The molecule has 0 N–H and O–H groups in total. The van der Waals surface area contributed by atoms with Crippen molar-refractivity contribution in [3.8, 4) is 17.0 Å². The molecule has 2 amide bonds. The van der Waals surface area contributed by atoms with Gasteiger partial charge in [0.2, 0.25) is 5.91 Å². The highest BCUT2D eigenvalue weighted by Crippen LogP contribution is 2.27. The first-order valence-electron chi connectivity index (χ1n) is 10.1. The number of carbonyl (C=O) groups excluding carboxylic acids is 2. The van der Waals surface area contributed by atoms with Crippen molar-refractivity contribution in [1.29, 1.82) is 0 Å². The molecule has 0 saturated carbocycles. The van der Waals surface area contributed by atoms with Crippen LogP contribution in [0.25, 0.3) is 22.2 Å². The van der Waals surface area contributed by atoms with Crippen LogP contribution in [-0.4, -0.2) is 60.4 Å². The SMILES string of the molecule is CCN(CC)C(=O)CN(C)C(=O)c1cc(-c2ccc(OC)cc2)nc2ccccc12. The summed E-state index contributed by atoms with van der Waals surface area (Å²) in [5, 5.41) is 0.766. The van der Waals surface area contributed by atoms with Gasteiger partial charge in [-0.1, -0.05) is 18.2 Å². The zero-order valence-corrected chi connectivity index (χ0v) is 17.9. The molecule has 6 heteroatoms. The van der Waals surface area contributed by atoms with Gasteiger partial charge in [-0.25, -0.2) is 4.98 Å². The van der Waals surface area contributed by atoms with Crippen molar-refractivity contribution in [3.05, 3.63) is 60.2 Å². The van der Waals surface area contributed by atoms with Gasteiger partial charge in [0.25, 0.3) is 5.91 Å². The van der Waals surface area contributed by atoms with E-state index in [9.17, 15) is 9.59 Å². The molecule has 0 spiro atoms. The molecule has 1 heterocycles. The minimum Gasteiger partial charge on any atom is -0.497 e. The standard InChI is InChI=1S/C24H27N3O3/c1-5-27(6-2)23(28)16-26(3)24(29)20-15-22(17-11-13-18(30-4)14-12-17)25-21-10-8-7-9-19(20)21/h7-15H,5-6,16H2,1-4H3. The molecule has 0 bridgehead atoms. The summed E-state index contributed by atoms with van der Waals surface area (Å²) in [6.45, 7) is 5.14. The third-order valence-electron chi connectivity index (χ3n) is 5.17. The molecule has 0 unspecified atom stereocenters. The minimum absolute atomic E-state index is 0.0367. The van der Waals surface area contributed by atoms with E-state index in [1.54, 1.807) is 25.1 Å². The number of nitrogens with zero attached hydrogens (tertiary/aromatic N) is 3. The molecule has 2 aromatic carbocycles. The van der Waals surface area contributed by atoms with Crippen molar-refractivity contribution in [2.45, 2.75) is 13.8 Å². The number of fused-ring (bicyclic) bond motifs is 1. The number of hydrogen-bond donors (Lipinski definition) is 0. The van der Waals surface area contributed by atoms with E-state index in [1.807, 2.05) is 62.4 Å². The number of amides is 2. The molecule has 0 aliphatic rings. The zero-order valence-electron chi connectivity index (χ0n) is 17.9. The Morgan fingerprint density at radius 1 is 1.00 bits per heavy atom. The Morgan fingerprint density at radius 3 is 2.30 bits per heavy atom. The zero-order chi connectivity index (χ0) is 21.7. The Bertz CT molecular complexity index is 1040. The molecular formula is C24H27N3O3. The lowest BCUT2D eigenvalue weighted by Crippen LogP contribution is -2.41. The number of carbonyl (C=O) groups is 2. The number of benzene rings is 2. The van der Waals surface area contributed by atoms with Crippen LogP contribution in [0, 0.1) is 0 Å². The van der Waals surface area contributed by atoms with Crippen LogP contribution >= 0.6 is 0 Å². The molecule has 30 heavy (non-hydrogen) atoms. The van der Waals surface area contributed by atoms with Crippen molar-refractivity contribution in [2.24, 2.45) is 0 Å². The van der Waals surface area contributed by atoms with Crippen LogP contribution in [0.2, 0.25) is 0 Å². The van der Waals surface area contributed by atoms with Gasteiger partial charge in [0.05, 0.1) is 30.4 Å².